The monoisotopic (exact) mass is 289 g/mol. The van der Waals surface area contributed by atoms with Crippen LogP contribution in [0, 0.1) is 0 Å². The molecule has 0 saturated carbocycles. The predicted molar refractivity (Wildman–Crippen MR) is 77.8 cm³/mol. The first-order chi connectivity index (χ1) is 9.75. The molecule has 0 fully saturated rings. The zero-order valence-electron chi connectivity index (χ0n) is 11.0. The molecule has 2 atom stereocenters. The van der Waals surface area contributed by atoms with Gasteiger partial charge < -0.3 is 9.84 Å². The van der Waals surface area contributed by atoms with Crippen LogP contribution in [-0.2, 0) is 17.6 Å². The van der Waals surface area contributed by atoms with Gasteiger partial charge in [-0.15, -0.1) is 0 Å². The number of aromatic nitrogens is 1. The molecule has 3 nitrogen and oxygen atoms in total. The fourth-order valence-electron chi connectivity index (χ4n) is 2.65. The lowest BCUT2D eigenvalue weighted by molar-refractivity contribution is -0.0460. The van der Waals surface area contributed by atoms with Crippen molar-refractivity contribution in [1.82, 2.24) is 4.98 Å². The van der Waals surface area contributed by atoms with Crippen LogP contribution in [0.5, 0.6) is 0 Å². The van der Waals surface area contributed by atoms with Gasteiger partial charge in [0, 0.05) is 18.8 Å². The Morgan fingerprint density at radius 3 is 3.05 bits per heavy atom. The Bertz CT molecular complexity index is 603. The summed E-state index contributed by atoms with van der Waals surface area (Å²) < 4.78 is 5.77. The van der Waals surface area contributed by atoms with E-state index in [2.05, 4.69) is 11.1 Å². The number of rotatable bonds is 3. The summed E-state index contributed by atoms with van der Waals surface area (Å²) in [6.07, 6.45) is 3.74. The number of hydrogen-bond donors (Lipinski definition) is 1. The van der Waals surface area contributed by atoms with Gasteiger partial charge in [0.15, 0.2) is 0 Å². The molecule has 0 aliphatic carbocycles. The lowest BCUT2D eigenvalue weighted by atomic mass is 9.92. The average Bonchev–Trinajstić information content (AvgIpc) is 2.49. The van der Waals surface area contributed by atoms with Gasteiger partial charge in [-0.05, 0) is 29.2 Å². The molecule has 1 aromatic heterocycles. The summed E-state index contributed by atoms with van der Waals surface area (Å²) in [5.41, 5.74) is 3.22. The van der Waals surface area contributed by atoms with Crippen LogP contribution in [-0.4, -0.2) is 22.8 Å². The van der Waals surface area contributed by atoms with Gasteiger partial charge in [-0.3, -0.25) is 4.98 Å². The Balaban J connectivity index is 1.82. The van der Waals surface area contributed by atoms with E-state index in [1.54, 1.807) is 12.4 Å². The molecule has 2 heterocycles. The van der Waals surface area contributed by atoms with Gasteiger partial charge in [-0.1, -0.05) is 35.9 Å². The zero-order valence-corrected chi connectivity index (χ0v) is 11.8. The van der Waals surface area contributed by atoms with Crippen molar-refractivity contribution in [3.63, 3.8) is 0 Å². The highest BCUT2D eigenvalue weighted by Gasteiger charge is 2.27. The van der Waals surface area contributed by atoms with Crippen LogP contribution in [0.25, 0.3) is 0 Å². The van der Waals surface area contributed by atoms with Gasteiger partial charge in [0.25, 0.3) is 0 Å². The van der Waals surface area contributed by atoms with Crippen molar-refractivity contribution in [2.24, 2.45) is 0 Å². The van der Waals surface area contributed by atoms with Crippen LogP contribution < -0.4 is 0 Å². The van der Waals surface area contributed by atoms with E-state index in [4.69, 9.17) is 16.3 Å². The third-order valence-electron chi connectivity index (χ3n) is 3.67. The maximum absolute atomic E-state index is 10.5. The second kappa shape index (κ2) is 5.92. The average molecular weight is 290 g/mol. The van der Waals surface area contributed by atoms with E-state index >= 15 is 0 Å². The molecule has 3 rings (SSSR count). The van der Waals surface area contributed by atoms with Crippen LogP contribution >= 0.6 is 11.6 Å². The number of aliphatic hydroxyl groups is 1. The van der Waals surface area contributed by atoms with Crippen molar-refractivity contribution in [3.8, 4) is 0 Å². The van der Waals surface area contributed by atoms with E-state index in [9.17, 15) is 5.11 Å². The number of hydrogen-bond acceptors (Lipinski definition) is 3. The Labute approximate surface area is 123 Å². The minimum absolute atomic E-state index is 0.288. The smallest absolute Gasteiger partial charge is 0.109 e. The fourth-order valence-corrected chi connectivity index (χ4v) is 2.84. The van der Waals surface area contributed by atoms with Gasteiger partial charge in [0.1, 0.15) is 6.10 Å². The number of benzene rings is 1. The zero-order chi connectivity index (χ0) is 13.9. The molecule has 0 amide bonds. The van der Waals surface area contributed by atoms with Crippen molar-refractivity contribution in [3.05, 3.63) is 64.4 Å². The molecular weight excluding hydrogens is 274 g/mol. The van der Waals surface area contributed by atoms with Gasteiger partial charge in [0.2, 0.25) is 0 Å². The van der Waals surface area contributed by atoms with Gasteiger partial charge in [0.05, 0.1) is 17.7 Å². The Morgan fingerprint density at radius 2 is 2.20 bits per heavy atom. The van der Waals surface area contributed by atoms with Crippen LogP contribution in [0.4, 0.5) is 0 Å². The van der Waals surface area contributed by atoms with Crippen LogP contribution in [0.1, 0.15) is 22.8 Å². The highest BCUT2D eigenvalue weighted by atomic mass is 35.5. The van der Waals surface area contributed by atoms with E-state index in [0.29, 0.717) is 18.1 Å². The molecule has 20 heavy (non-hydrogen) atoms. The Hall–Kier alpha value is -1.42. The summed E-state index contributed by atoms with van der Waals surface area (Å²) in [6, 6.07) is 9.95. The first-order valence-electron chi connectivity index (χ1n) is 6.71. The molecule has 1 aromatic carbocycles. The van der Waals surface area contributed by atoms with E-state index in [1.807, 2.05) is 24.3 Å². The Kier molecular flexibility index (Phi) is 4.01. The number of fused-ring (bicyclic) bond motifs is 1. The lowest BCUT2D eigenvalue weighted by Gasteiger charge is -2.30. The largest absolute Gasteiger partial charge is 0.390 e. The summed E-state index contributed by atoms with van der Waals surface area (Å²) in [5, 5.41) is 11.1. The van der Waals surface area contributed by atoms with Crippen LogP contribution in [0.2, 0.25) is 5.02 Å². The summed E-state index contributed by atoms with van der Waals surface area (Å²) in [5.74, 6) is 0. The third kappa shape index (κ3) is 2.70. The normalized spacial score (nSPS) is 19.4. The molecule has 2 unspecified atom stereocenters. The van der Waals surface area contributed by atoms with E-state index < -0.39 is 6.10 Å². The highest BCUT2D eigenvalue weighted by Crippen LogP contribution is 2.31. The minimum Gasteiger partial charge on any atom is -0.390 e. The van der Waals surface area contributed by atoms with Crippen molar-refractivity contribution in [2.75, 3.05) is 6.61 Å². The maximum Gasteiger partial charge on any atom is 0.109 e. The highest BCUT2D eigenvalue weighted by molar-refractivity contribution is 6.31. The van der Waals surface area contributed by atoms with Crippen molar-refractivity contribution >= 4 is 11.6 Å². The van der Waals surface area contributed by atoms with E-state index in [0.717, 1.165) is 17.5 Å². The van der Waals surface area contributed by atoms with Crippen LogP contribution in [0.3, 0.4) is 0 Å². The van der Waals surface area contributed by atoms with Crippen molar-refractivity contribution in [2.45, 2.75) is 25.0 Å². The van der Waals surface area contributed by atoms with Crippen molar-refractivity contribution < 1.29 is 9.84 Å². The molecule has 1 aliphatic rings. The fraction of sp³-hybridized carbons (Fsp3) is 0.312. The first-order valence-corrected chi connectivity index (χ1v) is 7.09. The molecule has 0 bridgehead atoms. The van der Waals surface area contributed by atoms with Gasteiger partial charge >= 0.3 is 0 Å². The second-order valence-corrected chi connectivity index (χ2v) is 5.39. The second-order valence-electron chi connectivity index (χ2n) is 4.98. The molecule has 1 N–H and O–H groups in total. The standard InChI is InChI=1S/C16H16ClNO2/c17-14-10-18-7-5-12(14)9-15(19)16-13-4-2-1-3-11(13)6-8-20-16/h1-5,7,10,15-16,19H,6,8-9H2. The molecule has 104 valence electrons. The van der Waals surface area contributed by atoms with E-state index in [-0.39, 0.29) is 6.10 Å². The quantitative estimate of drug-likeness (QED) is 0.945. The molecule has 0 radical (unpaired) electrons. The molecule has 0 spiro atoms. The molecular formula is C16H16ClNO2. The SMILES string of the molecule is OC(Cc1ccncc1Cl)C1OCCc2ccccc21. The van der Waals surface area contributed by atoms with Crippen molar-refractivity contribution in [1.29, 1.82) is 0 Å². The molecule has 2 aromatic rings. The Morgan fingerprint density at radius 1 is 1.35 bits per heavy atom. The molecule has 4 heteroatoms. The summed E-state index contributed by atoms with van der Waals surface area (Å²) in [7, 11) is 0. The van der Waals surface area contributed by atoms with E-state index in [1.165, 1.54) is 5.56 Å². The minimum atomic E-state index is -0.614. The molecule has 0 saturated heterocycles. The molecule has 1 aliphatic heterocycles. The lowest BCUT2D eigenvalue weighted by Crippen LogP contribution is -2.28. The number of halogens is 1. The predicted octanol–water partition coefficient (Wildman–Crippen LogP) is 2.95. The number of nitrogens with zero attached hydrogens (tertiary/aromatic N) is 1. The van der Waals surface area contributed by atoms with Gasteiger partial charge in [-0.2, -0.15) is 0 Å². The van der Waals surface area contributed by atoms with Gasteiger partial charge in [-0.25, -0.2) is 0 Å². The summed E-state index contributed by atoms with van der Waals surface area (Å²) in [4.78, 5) is 3.96. The third-order valence-corrected chi connectivity index (χ3v) is 4.01. The topological polar surface area (TPSA) is 42.4 Å². The number of ether oxygens (including phenoxy) is 1. The maximum atomic E-state index is 10.5. The summed E-state index contributed by atoms with van der Waals surface area (Å²) in [6.45, 7) is 0.642. The number of pyridine rings is 1. The van der Waals surface area contributed by atoms with Crippen LogP contribution in [0.15, 0.2) is 42.7 Å². The first kappa shape index (κ1) is 13.6. The number of aliphatic hydroxyl groups excluding tert-OH is 1. The summed E-state index contributed by atoms with van der Waals surface area (Å²) >= 11 is 6.09.